The highest BCUT2D eigenvalue weighted by Crippen LogP contribution is 1.91. The van der Waals surface area contributed by atoms with Crippen molar-refractivity contribution in [2.24, 2.45) is 0 Å². The standard InChI is InChI=1S/C6H8N2O3/c1-4(9)2-3-5(8-7)6(10)11/h2-3H2,1H3,(H,10,11). The maximum atomic E-state index is 10.4. The molecule has 0 heterocycles. The molecule has 1 N–H and O–H groups in total. The van der Waals surface area contributed by atoms with Gasteiger partial charge in [-0.3, -0.25) is 0 Å². The lowest BCUT2D eigenvalue weighted by Crippen LogP contribution is -2.14. The fourth-order valence-electron chi connectivity index (χ4n) is 0.494. The van der Waals surface area contributed by atoms with Gasteiger partial charge in [-0.05, 0) is 6.92 Å². The van der Waals surface area contributed by atoms with E-state index in [4.69, 9.17) is 10.6 Å². The Morgan fingerprint density at radius 1 is 1.45 bits per heavy atom. The van der Waals surface area contributed by atoms with Crippen molar-refractivity contribution in [2.75, 3.05) is 0 Å². The summed E-state index contributed by atoms with van der Waals surface area (Å²) in [4.78, 5) is 23.0. The zero-order valence-electron chi connectivity index (χ0n) is 6.07. The van der Waals surface area contributed by atoms with Crippen LogP contribution in [0.15, 0.2) is 0 Å². The Balaban J connectivity index is 4.03. The number of carboxylic acid groups (broad SMARTS) is 1. The van der Waals surface area contributed by atoms with Gasteiger partial charge in [0.2, 0.25) is 0 Å². The lowest BCUT2D eigenvalue weighted by atomic mass is 10.2. The summed E-state index contributed by atoms with van der Waals surface area (Å²) < 4.78 is 0. The molecule has 0 aliphatic carbocycles. The van der Waals surface area contributed by atoms with Crippen LogP contribution in [0, 0.1) is 0 Å². The number of hydrogen-bond acceptors (Lipinski definition) is 2. The smallest absolute Gasteiger partial charge is 0.414 e. The van der Waals surface area contributed by atoms with E-state index in [0.717, 1.165) is 0 Å². The number of ketones is 1. The predicted octanol–water partition coefficient (Wildman–Crippen LogP) is 0.111. The molecule has 0 bridgehead atoms. The van der Waals surface area contributed by atoms with Crippen molar-refractivity contribution in [3.8, 4) is 0 Å². The third-order valence-corrected chi connectivity index (χ3v) is 1.08. The predicted molar refractivity (Wildman–Crippen MR) is 36.2 cm³/mol. The van der Waals surface area contributed by atoms with E-state index in [1.54, 1.807) is 0 Å². The zero-order chi connectivity index (χ0) is 8.85. The molecule has 0 atom stereocenters. The van der Waals surface area contributed by atoms with Crippen LogP contribution in [-0.2, 0) is 9.59 Å². The van der Waals surface area contributed by atoms with Gasteiger partial charge in [-0.15, -0.1) is 0 Å². The molecule has 0 aromatic heterocycles. The molecule has 0 aliphatic rings. The number of carbonyl (C=O) groups excluding carboxylic acids is 1. The Labute approximate surface area is 63.3 Å². The Morgan fingerprint density at radius 3 is 2.27 bits per heavy atom. The molecule has 0 unspecified atom stereocenters. The Bertz CT molecular complexity index is 228. The summed E-state index contributed by atoms with van der Waals surface area (Å²) >= 11 is 0. The van der Waals surface area contributed by atoms with Crippen LogP contribution >= 0.6 is 0 Å². The highest BCUT2D eigenvalue weighted by molar-refractivity contribution is 6.33. The normalized spacial score (nSPS) is 8.45. The van der Waals surface area contributed by atoms with Crippen molar-refractivity contribution in [2.45, 2.75) is 19.8 Å². The molecule has 0 rings (SSSR count). The van der Waals surface area contributed by atoms with Crippen LogP contribution in [-0.4, -0.2) is 27.4 Å². The second kappa shape index (κ2) is 4.35. The van der Waals surface area contributed by atoms with E-state index < -0.39 is 5.97 Å². The third kappa shape index (κ3) is 4.00. The van der Waals surface area contributed by atoms with Crippen LogP contribution in [0.4, 0.5) is 0 Å². The molecule has 11 heavy (non-hydrogen) atoms. The second-order valence-electron chi connectivity index (χ2n) is 2.05. The molecule has 60 valence electrons. The van der Waals surface area contributed by atoms with Crippen molar-refractivity contribution < 1.29 is 19.5 Å². The van der Waals surface area contributed by atoms with Crippen LogP contribution in [0.2, 0.25) is 0 Å². The van der Waals surface area contributed by atoms with Gasteiger partial charge in [-0.25, -0.2) is 4.79 Å². The molecule has 5 heteroatoms. The van der Waals surface area contributed by atoms with E-state index >= 15 is 0 Å². The van der Waals surface area contributed by atoms with E-state index in [1.807, 2.05) is 0 Å². The van der Waals surface area contributed by atoms with E-state index in [1.165, 1.54) is 6.92 Å². The van der Waals surface area contributed by atoms with E-state index in [0.29, 0.717) is 0 Å². The molecule has 0 aromatic carbocycles. The first-order chi connectivity index (χ1) is 5.07. The van der Waals surface area contributed by atoms with Gasteiger partial charge < -0.3 is 15.4 Å². The number of hydrogen-bond donors (Lipinski definition) is 1. The van der Waals surface area contributed by atoms with Gasteiger partial charge in [0, 0.05) is 6.42 Å². The fourth-order valence-corrected chi connectivity index (χ4v) is 0.494. The lowest BCUT2D eigenvalue weighted by Gasteiger charge is -1.86. The zero-order valence-corrected chi connectivity index (χ0v) is 6.07. The molecule has 0 fully saturated rings. The van der Waals surface area contributed by atoms with Crippen molar-refractivity contribution in [1.82, 2.24) is 0 Å². The number of aliphatic carboxylic acids is 1. The van der Waals surface area contributed by atoms with E-state index in [-0.39, 0.29) is 24.3 Å². The minimum Gasteiger partial charge on any atom is -0.473 e. The maximum absolute atomic E-state index is 10.4. The average Bonchev–Trinajstić information content (AvgIpc) is 1.87. The van der Waals surface area contributed by atoms with Crippen LogP contribution in [0.3, 0.4) is 0 Å². The summed E-state index contributed by atoms with van der Waals surface area (Å²) in [5.74, 6) is -1.43. The number of carboxylic acids is 1. The van der Waals surface area contributed by atoms with Gasteiger partial charge >= 0.3 is 11.7 Å². The van der Waals surface area contributed by atoms with E-state index in [9.17, 15) is 9.59 Å². The molecule has 0 spiro atoms. The molecule has 0 aromatic rings. The summed E-state index contributed by atoms with van der Waals surface area (Å²) in [5, 5.41) is 8.28. The average molecular weight is 156 g/mol. The fraction of sp³-hybridized carbons (Fsp3) is 0.500. The number of carbonyl (C=O) groups is 2. The second-order valence-corrected chi connectivity index (χ2v) is 2.05. The van der Waals surface area contributed by atoms with Crippen molar-refractivity contribution in [3.05, 3.63) is 5.53 Å². The molecule has 0 saturated heterocycles. The summed E-state index contributed by atoms with van der Waals surface area (Å²) in [5.41, 5.74) is 7.72. The monoisotopic (exact) mass is 156 g/mol. The topological polar surface area (TPSA) is 90.8 Å². The summed E-state index contributed by atoms with van der Waals surface area (Å²) in [7, 11) is 0. The quantitative estimate of drug-likeness (QED) is 0.355. The van der Waals surface area contributed by atoms with Gasteiger partial charge in [-0.1, -0.05) is 0 Å². The number of nitrogens with zero attached hydrogens (tertiary/aromatic N) is 2. The van der Waals surface area contributed by atoms with Crippen LogP contribution in [0.1, 0.15) is 19.8 Å². The first-order valence-electron chi connectivity index (χ1n) is 3.01. The molecule has 5 nitrogen and oxygen atoms in total. The van der Waals surface area contributed by atoms with Crippen molar-refractivity contribution in [3.63, 3.8) is 0 Å². The summed E-state index contributed by atoms with van der Waals surface area (Å²) in [6.45, 7) is 1.34. The van der Waals surface area contributed by atoms with Gasteiger partial charge in [0.05, 0.1) is 6.42 Å². The van der Waals surface area contributed by atoms with Gasteiger partial charge in [0.25, 0.3) is 0 Å². The summed E-state index contributed by atoms with van der Waals surface area (Å²) in [6.07, 6.45) is 0.0624. The molecule has 0 amide bonds. The third-order valence-electron chi connectivity index (χ3n) is 1.08. The van der Waals surface area contributed by atoms with E-state index in [2.05, 4.69) is 4.79 Å². The minimum atomic E-state index is -1.30. The molecular weight excluding hydrogens is 148 g/mol. The highest BCUT2D eigenvalue weighted by Gasteiger charge is 2.18. The first-order valence-corrected chi connectivity index (χ1v) is 3.01. The largest absolute Gasteiger partial charge is 0.473 e. The lowest BCUT2D eigenvalue weighted by molar-refractivity contribution is -0.134. The highest BCUT2D eigenvalue weighted by atomic mass is 16.4. The Hall–Kier alpha value is -1.48. The van der Waals surface area contributed by atoms with Crippen LogP contribution < -0.4 is 0 Å². The van der Waals surface area contributed by atoms with Crippen LogP contribution in [0.25, 0.3) is 5.53 Å². The van der Waals surface area contributed by atoms with Gasteiger partial charge in [-0.2, -0.15) is 4.79 Å². The van der Waals surface area contributed by atoms with Crippen molar-refractivity contribution in [1.29, 1.82) is 0 Å². The van der Waals surface area contributed by atoms with Crippen LogP contribution in [0.5, 0.6) is 0 Å². The SMILES string of the molecule is CC(=O)CCC(=[N+]=[N-])C(=O)O. The molecule has 0 saturated carbocycles. The Morgan fingerprint density at radius 2 is 2.00 bits per heavy atom. The number of Topliss-reactive ketones (excluding diaryl/α,β-unsaturated/α-hetero) is 1. The van der Waals surface area contributed by atoms with Gasteiger partial charge in [0.15, 0.2) is 0 Å². The van der Waals surface area contributed by atoms with Gasteiger partial charge in [0.1, 0.15) is 5.78 Å². The number of rotatable bonds is 4. The maximum Gasteiger partial charge on any atom is 0.414 e. The minimum absolute atomic E-state index is 0.0266. The Kier molecular flexibility index (Phi) is 3.77. The van der Waals surface area contributed by atoms with Crippen molar-refractivity contribution >= 4 is 17.5 Å². The first kappa shape index (κ1) is 9.52. The molecule has 0 radical (unpaired) electrons. The molecular formula is C6H8N2O3. The molecule has 0 aliphatic heterocycles. The summed E-state index contributed by atoms with van der Waals surface area (Å²) in [6, 6.07) is 0.